The van der Waals surface area contributed by atoms with Crippen molar-refractivity contribution in [1.29, 1.82) is 5.26 Å². The molecule has 0 saturated carbocycles. The normalized spacial score (nSPS) is 11.6. The molecule has 300 valence electrons. The Kier molecular flexibility index (Phi) is 12.4. The number of pyridine rings is 2. The number of nitrogens with two attached hydrogens (primary N) is 2. The molecular formula is C34H26F5N11O6S2. The van der Waals surface area contributed by atoms with Gasteiger partial charge in [-0.2, -0.15) is 28.6 Å². The summed E-state index contributed by atoms with van der Waals surface area (Å²) in [6.45, 7) is 0. The second-order valence-corrected chi connectivity index (χ2v) is 14.8. The van der Waals surface area contributed by atoms with Crippen molar-refractivity contribution in [2.45, 2.75) is 28.8 Å². The van der Waals surface area contributed by atoms with Crippen molar-refractivity contribution >= 4 is 43.2 Å². The largest absolute Gasteiger partial charge is 0.419 e. The molecule has 58 heavy (non-hydrogen) atoms. The average Bonchev–Trinajstić information content (AvgIpc) is 3.84. The van der Waals surface area contributed by atoms with Crippen LogP contribution in [0.15, 0.2) is 108 Å². The first-order valence-electron chi connectivity index (χ1n) is 15.9. The fourth-order valence-electron chi connectivity index (χ4n) is 4.90. The van der Waals surface area contributed by atoms with E-state index < -0.39 is 70.8 Å². The molecule has 6 rings (SSSR count). The molecule has 4 aromatic heterocycles. The fraction of sp³-hybridized carbons (Fsp3) is 0.0882. The molecule has 0 radical (unpaired) electrons. The monoisotopic (exact) mass is 843 g/mol. The number of amides is 2. The quantitative estimate of drug-likeness (QED) is 0.145. The Morgan fingerprint density at radius 1 is 0.707 bits per heavy atom. The first-order chi connectivity index (χ1) is 27.2. The molecule has 0 fully saturated rings. The summed E-state index contributed by atoms with van der Waals surface area (Å²) in [5, 5.41) is 31.4. The van der Waals surface area contributed by atoms with Gasteiger partial charge in [0.1, 0.15) is 27.5 Å². The van der Waals surface area contributed by atoms with Gasteiger partial charge in [0.15, 0.2) is 11.6 Å². The van der Waals surface area contributed by atoms with Gasteiger partial charge in [0.05, 0.1) is 66.3 Å². The standard InChI is InChI=1S/C17H13F4N5O3S.C17H13FN6O3S/c18-13-4-2-1-3-10(13)5-15(27)25-12-6-14(30(22,28)29)16(23-8-12)26-9-11(7-24-26)17(19,20)21;18-14-4-2-1-3-12(14)5-16(25)23-13-6-15(28(20,26)27)17(21-9-13)24-10-11(7-19)8-22-24/h1-4,6-9H,5H2,(H,25,27)(H2,22,28,29);1-4,6,8-10H,5H2,(H,23,25)(H2,20,26,27). The van der Waals surface area contributed by atoms with Crippen molar-refractivity contribution < 1.29 is 48.4 Å². The first kappa shape index (κ1) is 42.2. The van der Waals surface area contributed by atoms with Crippen molar-refractivity contribution in [2.75, 3.05) is 10.6 Å². The molecule has 0 spiro atoms. The van der Waals surface area contributed by atoms with Gasteiger partial charge in [0.25, 0.3) is 0 Å². The number of nitriles is 1. The summed E-state index contributed by atoms with van der Waals surface area (Å²) < 4.78 is 115. The summed E-state index contributed by atoms with van der Waals surface area (Å²) in [4.78, 5) is 31.0. The van der Waals surface area contributed by atoms with Gasteiger partial charge < -0.3 is 10.6 Å². The molecule has 6 N–H and O–H groups in total. The molecule has 0 aliphatic rings. The lowest BCUT2D eigenvalue weighted by molar-refractivity contribution is -0.137. The number of benzene rings is 2. The Bertz CT molecular complexity index is 2790. The van der Waals surface area contributed by atoms with Crippen molar-refractivity contribution in [3.63, 3.8) is 0 Å². The minimum atomic E-state index is -4.69. The number of alkyl halides is 3. The van der Waals surface area contributed by atoms with Crippen LogP contribution in [0.5, 0.6) is 0 Å². The van der Waals surface area contributed by atoms with E-state index in [2.05, 4.69) is 30.8 Å². The Labute approximate surface area is 324 Å². The molecule has 0 saturated heterocycles. The van der Waals surface area contributed by atoms with Crippen molar-refractivity contribution in [3.8, 4) is 17.7 Å². The van der Waals surface area contributed by atoms with Crippen molar-refractivity contribution in [1.82, 2.24) is 29.5 Å². The number of sulfonamides is 2. The second kappa shape index (κ2) is 17.1. The highest BCUT2D eigenvalue weighted by molar-refractivity contribution is 7.89. The van der Waals surface area contributed by atoms with Gasteiger partial charge in [0, 0.05) is 6.20 Å². The van der Waals surface area contributed by atoms with Crippen LogP contribution in [0.4, 0.5) is 33.3 Å². The van der Waals surface area contributed by atoms with Crippen LogP contribution in [0.25, 0.3) is 11.6 Å². The zero-order valence-electron chi connectivity index (χ0n) is 29.1. The zero-order valence-corrected chi connectivity index (χ0v) is 30.7. The molecule has 0 aliphatic carbocycles. The minimum absolute atomic E-state index is 0.0572. The number of primary sulfonamides is 2. The smallest absolute Gasteiger partial charge is 0.324 e. The van der Waals surface area contributed by atoms with Gasteiger partial charge >= 0.3 is 6.18 Å². The second-order valence-electron chi connectivity index (χ2n) is 11.8. The molecule has 24 heteroatoms. The van der Waals surface area contributed by atoms with Crippen LogP contribution in [-0.2, 0) is 48.7 Å². The minimum Gasteiger partial charge on any atom is -0.324 e. The maximum Gasteiger partial charge on any atom is 0.419 e. The van der Waals surface area contributed by atoms with E-state index in [0.29, 0.717) is 17.1 Å². The maximum atomic E-state index is 13.7. The third-order valence-corrected chi connectivity index (χ3v) is 9.35. The van der Waals surface area contributed by atoms with E-state index in [9.17, 15) is 48.4 Å². The lowest BCUT2D eigenvalue weighted by Crippen LogP contribution is -2.19. The van der Waals surface area contributed by atoms with E-state index in [1.165, 1.54) is 55.0 Å². The number of aromatic nitrogens is 6. The number of carbonyl (C=O) groups is 2. The Morgan fingerprint density at radius 3 is 1.52 bits per heavy atom. The zero-order chi connectivity index (χ0) is 42.4. The van der Waals surface area contributed by atoms with Gasteiger partial charge in [-0.05, 0) is 35.4 Å². The summed E-state index contributed by atoms with van der Waals surface area (Å²) in [5.41, 5.74) is -0.662. The molecule has 6 aromatic rings. The van der Waals surface area contributed by atoms with Gasteiger partial charge in [-0.15, -0.1) is 0 Å². The first-order valence-corrected chi connectivity index (χ1v) is 19.0. The number of nitrogens with one attached hydrogen (secondary N) is 2. The molecule has 0 unspecified atom stereocenters. The van der Waals surface area contributed by atoms with Gasteiger partial charge in [-0.25, -0.2) is 55.2 Å². The number of nitrogens with zero attached hydrogens (tertiary/aromatic N) is 7. The summed E-state index contributed by atoms with van der Waals surface area (Å²) >= 11 is 0. The van der Waals surface area contributed by atoms with Crippen LogP contribution < -0.4 is 20.9 Å². The van der Waals surface area contributed by atoms with Gasteiger partial charge in [-0.3, -0.25) is 9.59 Å². The lowest BCUT2D eigenvalue weighted by atomic mass is 10.1. The van der Waals surface area contributed by atoms with Crippen LogP contribution >= 0.6 is 0 Å². The number of carbonyl (C=O) groups excluding carboxylic acids is 2. The Morgan fingerprint density at radius 2 is 1.14 bits per heavy atom. The number of hydrogen-bond acceptors (Lipinski definition) is 11. The topological polar surface area (TPSA) is 264 Å². The number of halogens is 5. The molecule has 17 nitrogen and oxygen atoms in total. The predicted molar refractivity (Wildman–Crippen MR) is 193 cm³/mol. The maximum absolute atomic E-state index is 13.7. The summed E-state index contributed by atoms with van der Waals surface area (Å²) in [6, 6.07) is 15.3. The van der Waals surface area contributed by atoms with Crippen molar-refractivity contribution in [3.05, 3.63) is 132 Å². The highest BCUT2D eigenvalue weighted by Gasteiger charge is 2.33. The van der Waals surface area contributed by atoms with Gasteiger partial charge in [0.2, 0.25) is 31.9 Å². The lowest BCUT2D eigenvalue weighted by Gasteiger charge is -2.11. The number of anilines is 2. The van der Waals surface area contributed by atoms with Crippen molar-refractivity contribution in [2.24, 2.45) is 10.3 Å². The summed E-state index contributed by atoms with van der Waals surface area (Å²) in [6.07, 6.45) is 0.505. The van der Waals surface area contributed by atoms with Gasteiger partial charge in [-0.1, -0.05) is 36.4 Å². The molecular weight excluding hydrogens is 818 g/mol. The fourth-order valence-corrected chi connectivity index (χ4v) is 6.28. The summed E-state index contributed by atoms with van der Waals surface area (Å²) in [5.74, 6) is -2.97. The van der Waals surface area contributed by atoms with Crippen LogP contribution in [0, 0.1) is 23.0 Å². The van der Waals surface area contributed by atoms with Crippen LogP contribution in [-0.4, -0.2) is 58.2 Å². The highest BCUT2D eigenvalue weighted by atomic mass is 32.2. The molecule has 2 aromatic carbocycles. The highest BCUT2D eigenvalue weighted by Crippen LogP contribution is 2.30. The van der Waals surface area contributed by atoms with E-state index in [1.807, 2.05) is 6.07 Å². The van der Waals surface area contributed by atoms with Crippen LogP contribution in [0.1, 0.15) is 22.3 Å². The van der Waals surface area contributed by atoms with Crippen LogP contribution in [0.2, 0.25) is 0 Å². The summed E-state index contributed by atoms with van der Waals surface area (Å²) in [7, 11) is -8.67. The van der Waals surface area contributed by atoms with E-state index >= 15 is 0 Å². The third kappa shape index (κ3) is 10.7. The third-order valence-electron chi connectivity index (χ3n) is 7.52. The van der Waals surface area contributed by atoms with E-state index in [4.69, 9.17) is 15.5 Å². The average molecular weight is 844 g/mol. The van der Waals surface area contributed by atoms with E-state index in [0.717, 1.165) is 23.0 Å². The SMILES string of the molecule is N#Cc1cnn(-c2ncc(NC(=O)Cc3ccccc3F)cc2S(N)(=O)=O)c1.NS(=O)(=O)c1cc(NC(=O)Cc2ccccc2F)cnc1-n1cc(C(F)(F)F)cn1. The predicted octanol–water partition coefficient (Wildman–Crippen LogP) is 3.36. The number of hydrogen-bond donors (Lipinski definition) is 4. The van der Waals surface area contributed by atoms with Crippen LogP contribution in [0.3, 0.4) is 0 Å². The Hall–Kier alpha value is -6.94. The molecule has 0 bridgehead atoms. The molecule has 0 atom stereocenters. The number of rotatable bonds is 10. The Balaban J connectivity index is 0.000000221. The van der Waals surface area contributed by atoms with E-state index in [-0.39, 0.29) is 46.7 Å². The molecule has 2 amide bonds. The molecule has 0 aliphatic heterocycles. The van der Waals surface area contributed by atoms with E-state index in [1.54, 1.807) is 12.1 Å². The molecule has 4 heterocycles.